The lowest BCUT2D eigenvalue weighted by atomic mass is 10.1. The maximum atomic E-state index is 9.16. The summed E-state index contributed by atoms with van der Waals surface area (Å²) in [6, 6.07) is 9.89. The van der Waals surface area contributed by atoms with Crippen LogP contribution >= 0.6 is 15.9 Å². The molecule has 4 heteroatoms. The topological polar surface area (TPSA) is 49.6 Å². The van der Waals surface area contributed by atoms with Gasteiger partial charge in [0.2, 0.25) is 0 Å². The minimum Gasteiger partial charge on any atom is -0.233 e. The van der Waals surface area contributed by atoms with Gasteiger partial charge in [0.15, 0.2) is 5.82 Å². The number of hydrogen-bond acceptors (Lipinski definition) is 3. The lowest BCUT2D eigenvalue weighted by molar-refractivity contribution is 0.984. The van der Waals surface area contributed by atoms with E-state index < -0.39 is 0 Å². The Balaban J connectivity index is 2.65. The average Bonchev–Trinajstić information content (AvgIpc) is 2.38. The molecule has 1 heterocycles. The summed E-state index contributed by atoms with van der Waals surface area (Å²) in [5, 5.41) is 9.16. The maximum absolute atomic E-state index is 9.16. The summed E-state index contributed by atoms with van der Waals surface area (Å²) < 4.78 is 0.928. The molecule has 90 valence electrons. The molecule has 0 saturated carbocycles. The highest BCUT2D eigenvalue weighted by Gasteiger charge is 2.12. The number of benzene rings is 1. The number of halogens is 1. The van der Waals surface area contributed by atoms with Crippen molar-refractivity contribution in [2.24, 2.45) is 0 Å². The molecule has 0 N–H and O–H groups in total. The van der Waals surface area contributed by atoms with Crippen LogP contribution < -0.4 is 0 Å². The third-order valence-electron chi connectivity index (χ3n) is 2.79. The van der Waals surface area contributed by atoms with Crippen LogP contribution in [-0.2, 0) is 6.42 Å². The van der Waals surface area contributed by atoms with Gasteiger partial charge in [0.05, 0.1) is 0 Å². The van der Waals surface area contributed by atoms with Crippen LogP contribution in [0.1, 0.15) is 23.9 Å². The van der Waals surface area contributed by atoms with E-state index in [1.54, 1.807) is 0 Å². The predicted octanol–water partition coefficient (Wildman–Crippen LogP) is 3.65. The summed E-state index contributed by atoms with van der Waals surface area (Å²) in [7, 11) is 0. The molecular formula is C14H12BrN3. The molecule has 0 fully saturated rings. The summed E-state index contributed by atoms with van der Waals surface area (Å²) in [4.78, 5) is 8.84. The van der Waals surface area contributed by atoms with Crippen LogP contribution in [0.15, 0.2) is 28.7 Å². The third kappa shape index (κ3) is 2.27. The van der Waals surface area contributed by atoms with Crippen LogP contribution in [0.2, 0.25) is 0 Å². The minimum absolute atomic E-state index is 0.468. The zero-order chi connectivity index (χ0) is 13.1. The Labute approximate surface area is 115 Å². The molecule has 0 atom stereocenters. The summed E-state index contributed by atoms with van der Waals surface area (Å²) in [6.45, 7) is 3.92. The Bertz CT molecular complexity index is 629. The largest absolute Gasteiger partial charge is 0.233 e. The van der Waals surface area contributed by atoms with Gasteiger partial charge in [0, 0.05) is 21.3 Å². The molecule has 1 aromatic carbocycles. The third-order valence-corrected chi connectivity index (χ3v) is 3.48. The zero-order valence-electron chi connectivity index (χ0n) is 10.2. The van der Waals surface area contributed by atoms with Crippen LogP contribution in [0.3, 0.4) is 0 Å². The van der Waals surface area contributed by atoms with E-state index in [0.29, 0.717) is 11.5 Å². The van der Waals surface area contributed by atoms with Crippen molar-refractivity contribution >= 4 is 15.9 Å². The number of nitrogens with zero attached hydrogens (tertiary/aromatic N) is 3. The molecule has 2 aromatic rings. The first-order chi connectivity index (χ1) is 8.67. The van der Waals surface area contributed by atoms with Gasteiger partial charge in [-0.3, -0.25) is 0 Å². The van der Waals surface area contributed by atoms with E-state index in [4.69, 9.17) is 5.26 Å². The van der Waals surface area contributed by atoms with E-state index in [9.17, 15) is 0 Å². The fraction of sp³-hybridized carbons (Fsp3) is 0.214. The minimum atomic E-state index is 0.468. The summed E-state index contributed by atoms with van der Waals surface area (Å²) >= 11 is 3.48. The van der Waals surface area contributed by atoms with Crippen LogP contribution in [-0.4, -0.2) is 9.97 Å². The van der Waals surface area contributed by atoms with Crippen molar-refractivity contribution in [1.82, 2.24) is 9.97 Å². The van der Waals surface area contributed by atoms with Crippen molar-refractivity contribution in [3.8, 4) is 17.5 Å². The molecule has 0 aliphatic rings. The van der Waals surface area contributed by atoms with E-state index in [-0.39, 0.29) is 0 Å². The molecule has 0 spiro atoms. The molecule has 0 aliphatic heterocycles. The fourth-order valence-corrected chi connectivity index (χ4v) is 2.34. The molecule has 0 aliphatic carbocycles. The highest BCUT2D eigenvalue weighted by atomic mass is 79.9. The van der Waals surface area contributed by atoms with Crippen molar-refractivity contribution < 1.29 is 0 Å². The zero-order valence-corrected chi connectivity index (χ0v) is 11.8. The van der Waals surface area contributed by atoms with Gasteiger partial charge < -0.3 is 0 Å². The summed E-state index contributed by atoms with van der Waals surface area (Å²) in [6.07, 6.45) is 0.769. The Morgan fingerprint density at radius 1 is 1.28 bits per heavy atom. The van der Waals surface area contributed by atoms with Crippen molar-refractivity contribution in [2.75, 3.05) is 0 Å². The molecule has 2 rings (SSSR count). The Morgan fingerprint density at radius 2 is 2.00 bits per heavy atom. The molecule has 1 aromatic heterocycles. The number of rotatable bonds is 2. The molecule has 0 radical (unpaired) electrons. The van der Waals surface area contributed by atoms with Crippen molar-refractivity contribution in [3.63, 3.8) is 0 Å². The summed E-state index contributed by atoms with van der Waals surface area (Å²) in [5.74, 6) is 0.591. The average molecular weight is 302 g/mol. The van der Waals surface area contributed by atoms with Crippen LogP contribution in [0.25, 0.3) is 11.4 Å². The van der Waals surface area contributed by atoms with E-state index in [1.165, 1.54) is 0 Å². The first-order valence-electron chi connectivity index (χ1n) is 5.70. The second-order valence-corrected chi connectivity index (χ2v) is 4.76. The molecule has 0 saturated heterocycles. The normalized spacial score (nSPS) is 10.1. The molecule has 18 heavy (non-hydrogen) atoms. The van der Waals surface area contributed by atoms with Gasteiger partial charge in [-0.1, -0.05) is 41.1 Å². The van der Waals surface area contributed by atoms with Crippen molar-refractivity contribution in [3.05, 3.63) is 45.7 Å². The Hall–Kier alpha value is -1.73. The Kier molecular flexibility index (Phi) is 3.73. The van der Waals surface area contributed by atoms with Crippen LogP contribution in [0.4, 0.5) is 0 Å². The van der Waals surface area contributed by atoms with Crippen molar-refractivity contribution in [1.29, 1.82) is 5.26 Å². The van der Waals surface area contributed by atoms with Crippen LogP contribution in [0, 0.1) is 18.3 Å². The first-order valence-corrected chi connectivity index (χ1v) is 6.49. The highest BCUT2D eigenvalue weighted by Crippen LogP contribution is 2.26. The Morgan fingerprint density at radius 3 is 2.61 bits per heavy atom. The fourth-order valence-electron chi connectivity index (χ4n) is 1.87. The van der Waals surface area contributed by atoms with Gasteiger partial charge in [-0.25, -0.2) is 9.97 Å². The van der Waals surface area contributed by atoms with E-state index in [2.05, 4.69) is 32.0 Å². The quantitative estimate of drug-likeness (QED) is 0.851. The second-order valence-electron chi connectivity index (χ2n) is 3.90. The van der Waals surface area contributed by atoms with Crippen LogP contribution in [0.5, 0.6) is 0 Å². The number of hydrogen-bond donors (Lipinski definition) is 0. The number of aryl methyl sites for hydroxylation is 1. The van der Waals surface area contributed by atoms with E-state index >= 15 is 0 Å². The number of aromatic nitrogens is 2. The van der Waals surface area contributed by atoms with Crippen molar-refractivity contribution in [2.45, 2.75) is 20.3 Å². The van der Waals surface area contributed by atoms with Gasteiger partial charge in [0.25, 0.3) is 0 Å². The van der Waals surface area contributed by atoms with E-state index in [0.717, 1.165) is 27.7 Å². The van der Waals surface area contributed by atoms with Gasteiger partial charge in [0.1, 0.15) is 11.8 Å². The monoisotopic (exact) mass is 301 g/mol. The van der Waals surface area contributed by atoms with Gasteiger partial charge in [-0.05, 0) is 19.4 Å². The second kappa shape index (κ2) is 5.28. The molecule has 3 nitrogen and oxygen atoms in total. The molecule has 0 amide bonds. The lowest BCUT2D eigenvalue weighted by Gasteiger charge is -2.08. The van der Waals surface area contributed by atoms with Gasteiger partial charge in [-0.15, -0.1) is 0 Å². The van der Waals surface area contributed by atoms with E-state index in [1.807, 2.05) is 38.1 Å². The maximum Gasteiger partial charge on any atom is 0.162 e. The van der Waals surface area contributed by atoms with Gasteiger partial charge >= 0.3 is 0 Å². The van der Waals surface area contributed by atoms with Gasteiger partial charge in [-0.2, -0.15) is 5.26 Å². The number of nitriles is 1. The lowest BCUT2D eigenvalue weighted by Crippen LogP contribution is -2.02. The smallest absolute Gasteiger partial charge is 0.162 e. The predicted molar refractivity (Wildman–Crippen MR) is 74.0 cm³/mol. The highest BCUT2D eigenvalue weighted by molar-refractivity contribution is 9.10. The first kappa shape index (κ1) is 12.7. The molecule has 0 unspecified atom stereocenters. The molecular weight excluding hydrogens is 290 g/mol. The standard InChI is InChI=1S/C14H12BrN3/c1-3-10-9(2)17-14(18-13(10)8-16)11-6-4-5-7-12(11)15/h4-7H,3H2,1-2H3. The summed E-state index contributed by atoms with van der Waals surface area (Å²) in [5.41, 5.74) is 3.17. The SMILES string of the molecule is CCc1c(C)nc(-c2ccccc2Br)nc1C#N. The molecule has 0 bridgehead atoms.